The molecule has 52 heavy (non-hydrogen) atoms. The zero-order valence-corrected chi connectivity index (χ0v) is 29.0. The van der Waals surface area contributed by atoms with E-state index in [1.165, 1.54) is 0 Å². The van der Waals surface area contributed by atoms with Crippen LogP contribution in [0, 0.1) is 19.3 Å². The van der Waals surface area contributed by atoms with Crippen LogP contribution in [0.25, 0.3) is 0 Å². The normalized spacial score (nSPS) is 9.46. The standard InChI is InChI=1S/3C15H11O2.Fe/c3*16-14(12-7-3-1-4-8-12)11-15(17)13-9-5-2-6-10-13;/h3*1-11H;/q3*-1;+3. The van der Waals surface area contributed by atoms with Gasteiger partial charge in [0, 0.05) is 0 Å². The smallest absolute Gasteiger partial charge is 0.318 e. The van der Waals surface area contributed by atoms with Gasteiger partial charge in [-0.05, 0) is 0 Å². The summed E-state index contributed by atoms with van der Waals surface area (Å²) in [5.74, 6) is -1.59. The third kappa shape index (κ3) is 13.1. The molecule has 0 heterocycles. The Hall–Kier alpha value is -6.53. The molecule has 0 N–H and O–H groups in total. The third-order valence-electron chi connectivity index (χ3n) is 7.14. The fourth-order valence-electron chi connectivity index (χ4n) is 4.47. The average Bonchev–Trinajstić information content (AvgIpc) is 3.20. The molecule has 0 saturated heterocycles. The molecule has 0 unspecified atom stereocenters. The predicted octanol–water partition coefficient (Wildman–Crippen LogP) is 8.87. The molecule has 0 aliphatic heterocycles. The summed E-state index contributed by atoms with van der Waals surface area (Å²) in [7, 11) is 0. The van der Waals surface area contributed by atoms with E-state index in [4.69, 9.17) is 0 Å². The second-order valence-corrected chi connectivity index (χ2v) is 10.8. The number of benzene rings is 6. The molecule has 6 aromatic rings. The van der Waals surface area contributed by atoms with Gasteiger partial charge in [0.05, 0.1) is 34.7 Å². The van der Waals surface area contributed by atoms with Gasteiger partial charge in [0.2, 0.25) is 0 Å². The van der Waals surface area contributed by atoms with Gasteiger partial charge in [-0.15, -0.1) is 72.8 Å². The SMILES string of the molecule is O=C([CH-]C(=O)c1ccccc1)c1ccccc1.O=C([CH-]C(=O)c1ccccc1)c1ccccc1.O=C([CH-]C(=O)c1ccccc1)c1ccccc1.[Fe+3]. The summed E-state index contributed by atoms with van der Waals surface area (Å²) in [6.07, 6.45) is 3.39. The van der Waals surface area contributed by atoms with E-state index in [1.807, 2.05) is 36.4 Å². The Morgan fingerprint density at radius 1 is 0.231 bits per heavy atom. The first-order valence-corrected chi connectivity index (χ1v) is 15.9. The second kappa shape index (κ2) is 21.5. The first kappa shape index (κ1) is 39.9. The van der Waals surface area contributed by atoms with Crippen LogP contribution in [0.15, 0.2) is 182 Å². The zero-order valence-electron chi connectivity index (χ0n) is 27.9. The Bertz CT molecular complexity index is 1640. The number of ketones is 6. The Morgan fingerprint density at radius 2 is 0.346 bits per heavy atom. The fraction of sp³-hybridized carbons (Fsp3) is 0. The molecule has 257 valence electrons. The molecular formula is C45H33FeO6. The van der Waals surface area contributed by atoms with Crippen molar-refractivity contribution in [2.24, 2.45) is 0 Å². The topological polar surface area (TPSA) is 102 Å². The van der Waals surface area contributed by atoms with E-state index >= 15 is 0 Å². The molecule has 0 bridgehead atoms. The van der Waals surface area contributed by atoms with Gasteiger partial charge in [0.25, 0.3) is 0 Å². The van der Waals surface area contributed by atoms with Crippen molar-refractivity contribution in [1.29, 1.82) is 0 Å². The van der Waals surface area contributed by atoms with Crippen LogP contribution < -0.4 is 0 Å². The number of carbonyl (C=O) groups excluding carboxylic acids is 6. The van der Waals surface area contributed by atoms with Crippen molar-refractivity contribution in [3.05, 3.63) is 235 Å². The van der Waals surface area contributed by atoms with E-state index in [0.717, 1.165) is 19.3 Å². The first-order chi connectivity index (χ1) is 24.8. The Morgan fingerprint density at radius 3 is 0.462 bits per heavy atom. The van der Waals surface area contributed by atoms with Crippen LogP contribution in [-0.2, 0) is 17.1 Å². The van der Waals surface area contributed by atoms with E-state index in [-0.39, 0.29) is 51.8 Å². The third-order valence-corrected chi connectivity index (χ3v) is 7.14. The molecule has 0 aliphatic carbocycles. The number of hydrogen-bond acceptors (Lipinski definition) is 6. The molecular weight excluding hydrogens is 692 g/mol. The van der Waals surface area contributed by atoms with Crippen molar-refractivity contribution in [1.82, 2.24) is 0 Å². The monoisotopic (exact) mass is 725 g/mol. The second-order valence-electron chi connectivity index (χ2n) is 10.8. The molecule has 6 rings (SSSR count). The van der Waals surface area contributed by atoms with Crippen molar-refractivity contribution in [2.45, 2.75) is 0 Å². The van der Waals surface area contributed by atoms with Crippen molar-refractivity contribution >= 4 is 34.7 Å². The van der Waals surface area contributed by atoms with Gasteiger partial charge in [-0.2, -0.15) is 0 Å². The van der Waals surface area contributed by atoms with Crippen molar-refractivity contribution < 1.29 is 45.8 Å². The average molecular weight is 726 g/mol. The van der Waals surface area contributed by atoms with Crippen LogP contribution in [0.3, 0.4) is 0 Å². The van der Waals surface area contributed by atoms with Gasteiger partial charge >= 0.3 is 17.1 Å². The van der Waals surface area contributed by atoms with Crippen LogP contribution in [0.1, 0.15) is 62.1 Å². The van der Waals surface area contributed by atoms with E-state index in [9.17, 15) is 28.8 Å². The summed E-state index contributed by atoms with van der Waals surface area (Å²) < 4.78 is 0. The molecule has 6 aromatic carbocycles. The summed E-state index contributed by atoms with van der Waals surface area (Å²) in [5.41, 5.74) is 3.15. The maximum Gasteiger partial charge on any atom is 3.00 e. The van der Waals surface area contributed by atoms with Crippen molar-refractivity contribution in [2.75, 3.05) is 0 Å². The van der Waals surface area contributed by atoms with Gasteiger partial charge in [-0.25, -0.2) is 0 Å². The molecule has 0 atom stereocenters. The number of Topliss-reactive ketones (excluding diaryl/α,β-unsaturated/α-hetero) is 6. The largest absolute Gasteiger partial charge is 3.00 e. The predicted molar refractivity (Wildman–Crippen MR) is 198 cm³/mol. The Labute approximate surface area is 314 Å². The number of carbonyl (C=O) groups is 6. The molecule has 0 aromatic heterocycles. The Balaban J connectivity index is 0.000000208. The minimum absolute atomic E-state index is 0. The summed E-state index contributed by atoms with van der Waals surface area (Å²) in [6, 6.07) is 52.5. The molecule has 0 saturated carbocycles. The quantitative estimate of drug-likeness (QED) is 0.0541. The van der Waals surface area contributed by atoms with Gasteiger partial charge in [0.1, 0.15) is 0 Å². The van der Waals surface area contributed by atoms with Crippen molar-refractivity contribution in [3.63, 3.8) is 0 Å². The molecule has 0 aliphatic rings. The zero-order chi connectivity index (χ0) is 36.3. The minimum atomic E-state index is -0.264. The van der Waals surface area contributed by atoms with Crippen LogP contribution in [0.2, 0.25) is 0 Å². The number of hydrogen-bond donors (Lipinski definition) is 0. The van der Waals surface area contributed by atoms with Crippen LogP contribution in [0.5, 0.6) is 0 Å². The van der Waals surface area contributed by atoms with Crippen LogP contribution in [0.4, 0.5) is 0 Å². The van der Waals surface area contributed by atoms with Crippen LogP contribution in [-0.4, -0.2) is 34.7 Å². The molecule has 7 heteroatoms. The molecule has 6 nitrogen and oxygen atoms in total. The van der Waals surface area contributed by atoms with E-state index in [1.54, 1.807) is 146 Å². The first-order valence-electron chi connectivity index (χ1n) is 15.9. The Kier molecular flexibility index (Phi) is 16.5. The van der Waals surface area contributed by atoms with E-state index in [2.05, 4.69) is 0 Å². The molecule has 1 radical (unpaired) electrons. The van der Waals surface area contributed by atoms with E-state index in [0.29, 0.717) is 33.4 Å². The van der Waals surface area contributed by atoms with Crippen molar-refractivity contribution in [3.8, 4) is 0 Å². The summed E-state index contributed by atoms with van der Waals surface area (Å²) in [5, 5.41) is 0. The molecule has 0 spiro atoms. The van der Waals surface area contributed by atoms with E-state index < -0.39 is 0 Å². The summed E-state index contributed by atoms with van der Waals surface area (Å²) >= 11 is 0. The minimum Gasteiger partial charge on any atom is -0.318 e. The van der Waals surface area contributed by atoms with Gasteiger partial charge < -0.3 is 28.8 Å². The summed E-state index contributed by atoms with van der Waals surface area (Å²) in [4.78, 5) is 70.5. The fourth-order valence-corrected chi connectivity index (χ4v) is 4.47. The van der Waals surface area contributed by atoms with Gasteiger partial charge in [-0.3, -0.25) is 0 Å². The van der Waals surface area contributed by atoms with Gasteiger partial charge in [0.15, 0.2) is 0 Å². The molecule has 0 amide bonds. The van der Waals surface area contributed by atoms with Gasteiger partial charge in [-0.1, -0.05) is 162 Å². The number of rotatable bonds is 12. The van der Waals surface area contributed by atoms with Crippen LogP contribution >= 0.6 is 0 Å². The maximum absolute atomic E-state index is 11.8. The summed E-state index contributed by atoms with van der Waals surface area (Å²) in [6.45, 7) is 0. The maximum atomic E-state index is 11.8. The molecule has 0 fully saturated rings.